The number of carbonyl (C=O) groups excluding carboxylic acids is 3. The van der Waals surface area contributed by atoms with Crippen LogP contribution in [0.1, 0.15) is 51.5 Å². The number of hydrogen-bond donors (Lipinski definition) is 8. The second kappa shape index (κ2) is 15.6. The van der Waals surface area contributed by atoms with Crippen LogP contribution in [0.25, 0.3) is 10.9 Å². The lowest BCUT2D eigenvalue weighted by Crippen LogP contribution is -2.58. The van der Waals surface area contributed by atoms with Gasteiger partial charge in [0.25, 0.3) is 0 Å². The van der Waals surface area contributed by atoms with Crippen LogP contribution in [-0.4, -0.2) is 75.6 Å². The van der Waals surface area contributed by atoms with Gasteiger partial charge in [0.15, 0.2) is 0 Å². The van der Waals surface area contributed by atoms with Gasteiger partial charge >= 0.3 is 11.9 Å². The highest BCUT2D eigenvalue weighted by Crippen LogP contribution is 2.19. The van der Waals surface area contributed by atoms with E-state index in [0.29, 0.717) is 31.4 Å². The first-order valence-corrected chi connectivity index (χ1v) is 13.3. The molecule has 0 bridgehead atoms. The van der Waals surface area contributed by atoms with Crippen molar-refractivity contribution in [2.75, 3.05) is 6.54 Å². The molecule has 40 heavy (non-hydrogen) atoms. The average Bonchev–Trinajstić information content (AvgIpc) is 3.29. The summed E-state index contributed by atoms with van der Waals surface area (Å²) in [5.41, 5.74) is 12.8. The van der Waals surface area contributed by atoms with Crippen molar-refractivity contribution in [2.45, 2.75) is 76.5 Å². The number of carbonyl (C=O) groups is 5. The molecule has 0 saturated heterocycles. The molecule has 2 aromatic rings. The number of hydrogen-bond acceptors (Lipinski definition) is 7. The third kappa shape index (κ3) is 9.97. The zero-order valence-electron chi connectivity index (χ0n) is 22.8. The summed E-state index contributed by atoms with van der Waals surface area (Å²) in [6.07, 6.45) is 2.59. The fraction of sp³-hybridized carbons (Fsp3) is 0.519. The summed E-state index contributed by atoms with van der Waals surface area (Å²) in [5, 5.41) is 27.2. The minimum Gasteiger partial charge on any atom is -0.481 e. The maximum atomic E-state index is 13.3. The Morgan fingerprint density at radius 1 is 0.900 bits per heavy atom. The smallest absolute Gasteiger partial charge is 0.326 e. The Kier molecular flexibility index (Phi) is 12.6. The van der Waals surface area contributed by atoms with Gasteiger partial charge < -0.3 is 42.6 Å². The number of amides is 3. The number of benzene rings is 1. The SMILES string of the molecule is CC(C)CC(NC(=O)C(Cc1c[nH]c2ccccc12)NC(=O)C(CC(=O)O)NC(=O)C(N)CCCCN)C(=O)O. The zero-order valence-corrected chi connectivity index (χ0v) is 22.8. The Balaban J connectivity index is 2.29. The monoisotopic (exact) mass is 560 g/mol. The van der Waals surface area contributed by atoms with E-state index in [0.717, 1.165) is 10.9 Å². The lowest BCUT2D eigenvalue weighted by molar-refractivity contribution is -0.143. The largest absolute Gasteiger partial charge is 0.481 e. The zero-order chi connectivity index (χ0) is 29.8. The lowest BCUT2D eigenvalue weighted by Gasteiger charge is -2.25. The van der Waals surface area contributed by atoms with Crippen LogP contribution < -0.4 is 27.4 Å². The van der Waals surface area contributed by atoms with Crippen molar-refractivity contribution in [1.29, 1.82) is 0 Å². The first-order valence-electron chi connectivity index (χ1n) is 13.3. The topological polar surface area (TPSA) is 230 Å². The summed E-state index contributed by atoms with van der Waals surface area (Å²) >= 11 is 0. The highest BCUT2D eigenvalue weighted by atomic mass is 16.4. The van der Waals surface area contributed by atoms with Gasteiger partial charge in [0.2, 0.25) is 17.7 Å². The van der Waals surface area contributed by atoms with Crippen molar-refractivity contribution < 1.29 is 34.2 Å². The molecule has 4 atom stereocenters. The van der Waals surface area contributed by atoms with Gasteiger partial charge in [-0.25, -0.2) is 4.79 Å². The number of aliphatic carboxylic acids is 2. The number of aromatic amines is 1. The van der Waals surface area contributed by atoms with E-state index in [9.17, 15) is 34.2 Å². The van der Waals surface area contributed by atoms with Crippen LogP contribution in [0.15, 0.2) is 30.5 Å². The predicted molar refractivity (Wildman–Crippen MR) is 148 cm³/mol. The molecule has 0 aliphatic rings. The Hall–Kier alpha value is -3.97. The summed E-state index contributed by atoms with van der Waals surface area (Å²) in [6.45, 7) is 4.05. The van der Waals surface area contributed by atoms with Crippen LogP contribution in [0.4, 0.5) is 0 Å². The highest BCUT2D eigenvalue weighted by Gasteiger charge is 2.32. The molecule has 0 spiro atoms. The van der Waals surface area contributed by atoms with Gasteiger partial charge in [-0.15, -0.1) is 0 Å². The second-order valence-corrected chi connectivity index (χ2v) is 10.2. The minimum absolute atomic E-state index is 0.0258. The number of nitrogens with two attached hydrogens (primary N) is 2. The van der Waals surface area contributed by atoms with E-state index < -0.39 is 60.2 Å². The van der Waals surface area contributed by atoms with Crippen molar-refractivity contribution in [3.05, 3.63) is 36.0 Å². The standard InChI is InChI=1S/C27H40N6O7/c1-15(2)11-22(27(39)40)33-25(37)20(12-16-14-30-19-9-4-3-7-17(16)19)32-26(38)21(13-23(34)35)31-24(36)18(29)8-5-6-10-28/h3-4,7,9,14-15,18,20-22,30H,5-6,8,10-13,28-29H2,1-2H3,(H,31,36)(H,32,38)(H,33,37)(H,34,35)(H,39,40). The van der Waals surface area contributed by atoms with Crippen LogP contribution in [0, 0.1) is 5.92 Å². The lowest BCUT2D eigenvalue weighted by atomic mass is 10.0. The molecule has 2 rings (SSSR count). The molecule has 0 aliphatic carbocycles. The number of carboxylic acid groups (broad SMARTS) is 2. The Bertz CT molecular complexity index is 1180. The van der Waals surface area contributed by atoms with Gasteiger partial charge in [0, 0.05) is 23.5 Å². The summed E-state index contributed by atoms with van der Waals surface area (Å²) < 4.78 is 0. The summed E-state index contributed by atoms with van der Waals surface area (Å²) in [5.74, 6) is -4.99. The first-order chi connectivity index (χ1) is 18.9. The third-order valence-corrected chi connectivity index (χ3v) is 6.37. The van der Waals surface area contributed by atoms with Gasteiger partial charge in [-0.1, -0.05) is 38.5 Å². The summed E-state index contributed by atoms with van der Waals surface area (Å²) in [4.78, 5) is 65.5. The first kappa shape index (κ1) is 32.2. The number of para-hydroxylation sites is 1. The van der Waals surface area contributed by atoms with Crippen molar-refractivity contribution in [1.82, 2.24) is 20.9 Å². The van der Waals surface area contributed by atoms with E-state index in [1.165, 1.54) is 0 Å². The van der Waals surface area contributed by atoms with E-state index in [2.05, 4.69) is 20.9 Å². The minimum atomic E-state index is -1.52. The van der Waals surface area contributed by atoms with Gasteiger partial charge in [0.05, 0.1) is 12.5 Å². The molecule has 0 radical (unpaired) electrons. The van der Waals surface area contributed by atoms with Gasteiger partial charge in [-0.05, 0) is 43.4 Å². The summed E-state index contributed by atoms with van der Waals surface area (Å²) in [6, 6.07) is 2.34. The maximum Gasteiger partial charge on any atom is 0.326 e. The molecule has 1 heterocycles. The van der Waals surface area contributed by atoms with E-state index in [1.54, 1.807) is 6.20 Å². The predicted octanol–water partition coefficient (Wildman–Crippen LogP) is 0.227. The molecule has 0 saturated carbocycles. The average molecular weight is 561 g/mol. The van der Waals surface area contributed by atoms with Crippen molar-refractivity contribution >= 4 is 40.6 Å². The number of rotatable bonds is 17. The fourth-order valence-electron chi connectivity index (χ4n) is 4.27. The second-order valence-electron chi connectivity index (χ2n) is 10.2. The molecule has 1 aromatic carbocycles. The fourth-order valence-corrected chi connectivity index (χ4v) is 4.27. The Morgan fingerprint density at radius 2 is 1.52 bits per heavy atom. The quantitative estimate of drug-likeness (QED) is 0.124. The molecule has 13 nitrogen and oxygen atoms in total. The number of carboxylic acids is 2. The number of unbranched alkanes of at least 4 members (excludes halogenated alkanes) is 1. The molecule has 220 valence electrons. The molecule has 0 aliphatic heterocycles. The molecule has 4 unspecified atom stereocenters. The molecular formula is C27H40N6O7. The number of aromatic nitrogens is 1. The molecule has 1 aromatic heterocycles. The van der Waals surface area contributed by atoms with E-state index >= 15 is 0 Å². The molecule has 10 N–H and O–H groups in total. The summed E-state index contributed by atoms with van der Waals surface area (Å²) in [7, 11) is 0. The third-order valence-electron chi connectivity index (χ3n) is 6.37. The molecule has 13 heteroatoms. The number of fused-ring (bicyclic) bond motifs is 1. The van der Waals surface area contributed by atoms with Crippen molar-refractivity contribution in [3.63, 3.8) is 0 Å². The van der Waals surface area contributed by atoms with E-state index in [-0.39, 0.29) is 18.8 Å². The van der Waals surface area contributed by atoms with E-state index in [1.807, 2.05) is 38.1 Å². The van der Waals surface area contributed by atoms with Gasteiger partial charge in [0.1, 0.15) is 18.1 Å². The van der Waals surface area contributed by atoms with E-state index in [4.69, 9.17) is 11.5 Å². The molecular weight excluding hydrogens is 520 g/mol. The van der Waals surface area contributed by atoms with Crippen LogP contribution >= 0.6 is 0 Å². The maximum absolute atomic E-state index is 13.3. The normalized spacial score (nSPS) is 14.2. The van der Waals surface area contributed by atoms with Gasteiger partial charge in [-0.3, -0.25) is 19.2 Å². The molecule has 3 amide bonds. The highest BCUT2D eigenvalue weighted by molar-refractivity contribution is 5.96. The van der Waals surface area contributed by atoms with Crippen molar-refractivity contribution in [3.8, 4) is 0 Å². The van der Waals surface area contributed by atoms with Crippen molar-refractivity contribution in [2.24, 2.45) is 17.4 Å². The van der Waals surface area contributed by atoms with Crippen LogP contribution in [0.3, 0.4) is 0 Å². The number of H-pyrrole nitrogens is 1. The van der Waals surface area contributed by atoms with Crippen LogP contribution in [-0.2, 0) is 30.4 Å². The number of nitrogens with one attached hydrogen (secondary N) is 4. The molecule has 0 fully saturated rings. The Morgan fingerprint density at radius 3 is 2.15 bits per heavy atom. The van der Waals surface area contributed by atoms with Crippen LogP contribution in [0.5, 0.6) is 0 Å². The Labute approximate surface area is 232 Å². The van der Waals surface area contributed by atoms with Crippen LogP contribution in [0.2, 0.25) is 0 Å². The van der Waals surface area contributed by atoms with Gasteiger partial charge in [-0.2, -0.15) is 0 Å².